The van der Waals surface area contributed by atoms with Gasteiger partial charge in [0.2, 0.25) is 5.91 Å². The minimum atomic E-state index is -0.464. The second-order valence-corrected chi connectivity index (χ2v) is 11.4. The number of hydrogen-bond donors (Lipinski definition) is 2. The first-order valence-corrected chi connectivity index (χ1v) is 11.4. The minimum absolute atomic E-state index is 0.0182. The molecule has 3 aromatic rings. The van der Waals surface area contributed by atoms with Gasteiger partial charge in [0, 0.05) is 22.1 Å². The third-order valence-electron chi connectivity index (χ3n) is 6.86. The Hall–Kier alpha value is -2.69. The van der Waals surface area contributed by atoms with E-state index in [9.17, 15) is 4.79 Å². The van der Waals surface area contributed by atoms with Crippen molar-refractivity contribution in [3.05, 3.63) is 41.2 Å². The number of imidazole rings is 1. The van der Waals surface area contributed by atoms with Crippen LogP contribution in [0.3, 0.4) is 0 Å². The summed E-state index contributed by atoms with van der Waals surface area (Å²) >= 11 is 0. The van der Waals surface area contributed by atoms with Crippen molar-refractivity contribution in [3.8, 4) is 11.4 Å². The number of hydrogen-bond acceptors (Lipinski definition) is 3. The van der Waals surface area contributed by atoms with E-state index in [-0.39, 0.29) is 11.3 Å². The number of carbonyl (C=O) groups excluding carboxylic acids is 1. The van der Waals surface area contributed by atoms with E-state index in [2.05, 4.69) is 54.3 Å². The fraction of sp³-hybridized carbons (Fsp3) is 0.500. The molecule has 1 aromatic carbocycles. The highest BCUT2D eigenvalue weighted by Gasteiger charge is 2.38. The Bertz CT molecular complexity index is 1190. The lowest BCUT2D eigenvalue weighted by Gasteiger charge is -2.22. The number of aromatic nitrogens is 3. The van der Waals surface area contributed by atoms with E-state index in [0.717, 1.165) is 33.8 Å². The van der Waals surface area contributed by atoms with Crippen LogP contribution in [-0.2, 0) is 10.2 Å². The Balaban J connectivity index is 1.64. The molecule has 0 radical (unpaired) electrons. The zero-order valence-corrected chi connectivity index (χ0v) is 19.4. The summed E-state index contributed by atoms with van der Waals surface area (Å²) in [6.45, 7) is 12.3. The highest BCUT2D eigenvalue weighted by atomic mass is 16.2. The van der Waals surface area contributed by atoms with E-state index in [4.69, 9.17) is 4.98 Å². The van der Waals surface area contributed by atoms with Crippen molar-refractivity contribution in [3.63, 3.8) is 0 Å². The second-order valence-electron chi connectivity index (χ2n) is 11.4. The molecule has 1 fully saturated rings. The lowest BCUT2D eigenvalue weighted by atomic mass is 9.89. The summed E-state index contributed by atoms with van der Waals surface area (Å²) < 4.78 is 0. The Morgan fingerprint density at radius 3 is 2.35 bits per heavy atom. The number of nitrogens with one attached hydrogen (secondary N) is 2. The highest BCUT2D eigenvalue weighted by Crippen LogP contribution is 2.54. The summed E-state index contributed by atoms with van der Waals surface area (Å²) in [5.74, 6) is 2.08. The fourth-order valence-corrected chi connectivity index (χ4v) is 4.94. The molecule has 5 nitrogen and oxygen atoms in total. The van der Waals surface area contributed by atoms with E-state index in [1.54, 1.807) is 0 Å². The van der Waals surface area contributed by atoms with Crippen LogP contribution in [0.2, 0.25) is 0 Å². The lowest BCUT2D eigenvalue weighted by Crippen LogP contribution is -2.28. The molecule has 31 heavy (non-hydrogen) atoms. The van der Waals surface area contributed by atoms with Crippen LogP contribution in [0.4, 0.5) is 5.69 Å². The van der Waals surface area contributed by atoms with E-state index in [1.807, 2.05) is 27.0 Å². The third-order valence-corrected chi connectivity index (χ3v) is 6.86. The van der Waals surface area contributed by atoms with Gasteiger partial charge in [0.25, 0.3) is 0 Å². The molecule has 0 aliphatic heterocycles. The number of anilines is 1. The molecule has 0 spiro atoms. The monoisotopic (exact) mass is 416 g/mol. The number of H-pyrrole nitrogens is 1. The van der Waals surface area contributed by atoms with Gasteiger partial charge in [0.15, 0.2) is 0 Å². The molecule has 2 N–H and O–H groups in total. The summed E-state index contributed by atoms with van der Waals surface area (Å²) in [6, 6.07) is 6.55. The molecule has 162 valence electrons. The first-order valence-electron chi connectivity index (χ1n) is 11.4. The molecule has 1 saturated carbocycles. The molecule has 5 heteroatoms. The van der Waals surface area contributed by atoms with Crippen LogP contribution in [-0.4, -0.2) is 20.9 Å². The van der Waals surface area contributed by atoms with Crippen LogP contribution in [0.1, 0.15) is 89.5 Å². The van der Waals surface area contributed by atoms with E-state index >= 15 is 0 Å². The molecular formula is C26H32N4O. The first-order chi connectivity index (χ1) is 14.5. The number of amides is 1. The lowest BCUT2D eigenvalue weighted by molar-refractivity contribution is -0.123. The molecule has 5 rings (SSSR count). The van der Waals surface area contributed by atoms with Gasteiger partial charge in [-0.15, -0.1) is 0 Å². The summed E-state index contributed by atoms with van der Waals surface area (Å²) in [4.78, 5) is 25.9. The van der Waals surface area contributed by atoms with Gasteiger partial charge in [-0.2, -0.15) is 0 Å². The Kier molecular flexibility index (Phi) is 4.34. The maximum Gasteiger partial charge on any atom is 0.229 e. The van der Waals surface area contributed by atoms with Crippen molar-refractivity contribution in [2.75, 3.05) is 5.32 Å². The molecule has 2 atom stereocenters. The van der Waals surface area contributed by atoms with Gasteiger partial charge in [-0.3, -0.25) is 9.78 Å². The molecule has 1 amide bonds. The predicted molar refractivity (Wildman–Crippen MR) is 125 cm³/mol. The van der Waals surface area contributed by atoms with Crippen molar-refractivity contribution < 1.29 is 4.79 Å². The molecule has 2 unspecified atom stereocenters. The van der Waals surface area contributed by atoms with Crippen LogP contribution < -0.4 is 5.32 Å². The van der Waals surface area contributed by atoms with Crippen LogP contribution in [0, 0.1) is 5.41 Å². The van der Waals surface area contributed by atoms with Gasteiger partial charge in [0.1, 0.15) is 5.82 Å². The maximum atomic E-state index is 12.9. The smallest absolute Gasteiger partial charge is 0.229 e. The van der Waals surface area contributed by atoms with Gasteiger partial charge < -0.3 is 10.3 Å². The van der Waals surface area contributed by atoms with E-state index < -0.39 is 5.41 Å². The average molecular weight is 417 g/mol. The SMILES string of the molecule is CC(C)(C)C(=O)Nc1cc2c(cc1-c1nc3cc(C(C)(C)C)ncc3[nH]1)C1CCC2C1. The van der Waals surface area contributed by atoms with Crippen molar-refractivity contribution in [1.82, 2.24) is 15.0 Å². The standard InChI is InChI=1S/C26H32N4O/c1-25(2,3)22-12-20-21(13-27-22)29-23(28-20)18-10-16-14-7-8-15(9-14)17(16)11-19(18)30-24(31)26(4,5)6/h10-15H,7-9H2,1-6H3,(H,28,29)(H,30,31). The fourth-order valence-electron chi connectivity index (χ4n) is 4.94. The average Bonchev–Trinajstić information content (AvgIpc) is 3.39. The molecule has 2 aromatic heterocycles. The van der Waals surface area contributed by atoms with Crippen LogP contribution in [0.5, 0.6) is 0 Å². The van der Waals surface area contributed by atoms with Crippen molar-refractivity contribution in [2.24, 2.45) is 5.41 Å². The number of pyridine rings is 1. The Morgan fingerprint density at radius 2 is 1.71 bits per heavy atom. The number of carbonyl (C=O) groups is 1. The van der Waals surface area contributed by atoms with Crippen molar-refractivity contribution in [1.29, 1.82) is 0 Å². The minimum Gasteiger partial charge on any atom is -0.337 e. The number of nitrogens with zero attached hydrogens (tertiary/aromatic N) is 2. The van der Waals surface area contributed by atoms with Gasteiger partial charge >= 0.3 is 0 Å². The molecular weight excluding hydrogens is 384 g/mol. The quantitative estimate of drug-likeness (QED) is 0.517. The highest BCUT2D eigenvalue weighted by molar-refractivity contribution is 5.98. The van der Waals surface area contributed by atoms with Gasteiger partial charge in [-0.25, -0.2) is 4.98 Å². The number of fused-ring (bicyclic) bond motifs is 6. The summed E-state index contributed by atoms with van der Waals surface area (Å²) in [5, 5.41) is 3.20. The number of benzene rings is 1. The summed E-state index contributed by atoms with van der Waals surface area (Å²) in [5.41, 5.74) is 7.02. The number of aromatic amines is 1. The summed E-state index contributed by atoms with van der Waals surface area (Å²) in [6.07, 6.45) is 5.64. The number of rotatable bonds is 2. The molecule has 2 aliphatic carbocycles. The second kappa shape index (κ2) is 6.65. The van der Waals surface area contributed by atoms with E-state index in [1.165, 1.54) is 30.4 Å². The van der Waals surface area contributed by atoms with Gasteiger partial charge in [0.05, 0.1) is 22.9 Å². The zero-order valence-electron chi connectivity index (χ0n) is 19.4. The molecule has 0 saturated heterocycles. The predicted octanol–water partition coefficient (Wildman–Crippen LogP) is 6.27. The first kappa shape index (κ1) is 20.2. The van der Waals surface area contributed by atoms with Crippen molar-refractivity contribution in [2.45, 2.75) is 78.1 Å². The Labute approximate surface area is 184 Å². The van der Waals surface area contributed by atoms with Crippen LogP contribution >= 0.6 is 0 Å². The topological polar surface area (TPSA) is 70.7 Å². The van der Waals surface area contributed by atoms with Crippen LogP contribution in [0.25, 0.3) is 22.4 Å². The third kappa shape index (κ3) is 3.44. The maximum absolute atomic E-state index is 12.9. The van der Waals surface area contributed by atoms with Crippen LogP contribution in [0.15, 0.2) is 24.4 Å². The Morgan fingerprint density at radius 1 is 1.03 bits per heavy atom. The van der Waals surface area contributed by atoms with Gasteiger partial charge in [-0.05, 0) is 60.4 Å². The van der Waals surface area contributed by atoms with Gasteiger partial charge in [-0.1, -0.05) is 41.5 Å². The largest absolute Gasteiger partial charge is 0.337 e. The van der Waals surface area contributed by atoms with E-state index in [0.29, 0.717) is 11.8 Å². The molecule has 2 bridgehead atoms. The van der Waals surface area contributed by atoms with Crippen molar-refractivity contribution >= 4 is 22.6 Å². The molecule has 2 heterocycles. The molecule has 2 aliphatic rings. The zero-order chi connectivity index (χ0) is 22.1. The normalized spacial score (nSPS) is 20.3. The summed E-state index contributed by atoms with van der Waals surface area (Å²) in [7, 11) is 0.